The number of carboxylic acids is 1. The zero-order chi connectivity index (χ0) is 13.7. The van der Waals surface area contributed by atoms with Gasteiger partial charge in [0, 0.05) is 23.7 Å². The zero-order valence-electron chi connectivity index (χ0n) is 10.4. The Kier molecular flexibility index (Phi) is 5.40. The van der Waals surface area contributed by atoms with Crippen LogP contribution in [0.25, 0.3) is 0 Å². The van der Waals surface area contributed by atoms with E-state index in [0.717, 1.165) is 0 Å². The Balaban J connectivity index is 2.84. The van der Waals surface area contributed by atoms with Crippen LogP contribution in [0.5, 0.6) is 5.75 Å². The molecule has 0 aliphatic heterocycles. The first-order valence-electron chi connectivity index (χ1n) is 5.51. The number of carboxylic acid groups (broad SMARTS) is 1. The molecule has 0 aliphatic rings. The van der Waals surface area contributed by atoms with Crippen molar-refractivity contribution in [1.29, 1.82) is 0 Å². The van der Waals surface area contributed by atoms with Crippen molar-refractivity contribution in [3.8, 4) is 5.75 Å². The van der Waals surface area contributed by atoms with Crippen LogP contribution in [-0.2, 0) is 4.79 Å². The van der Waals surface area contributed by atoms with E-state index in [1.54, 1.807) is 0 Å². The van der Waals surface area contributed by atoms with E-state index in [2.05, 4.69) is 5.32 Å². The summed E-state index contributed by atoms with van der Waals surface area (Å²) >= 11 is 5.81. The number of halogens is 1. The van der Waals surface area contributed by atoms with Crippen LogP contribution in [0.4, 0.5) is 0 Å². The summed E-state index contributed by atoms with van der Waals surface area (Å²) in [7, 11) is 3.79. The minimum Gasteiger partial charge on any atom is -0.508 e. The highest BCUT2D eigenvalue weighted by molar-refractivity contribution is 6.30. The SMILES string of the molecule is CN(C)CCNC(C(=O)O)c1cc(Cl)ccc1O. The predicted octanol–water partition coefficient (Wildman–Crippen LogP) is 1.32. The first-order chi connectivity index (χ1) is 8.41. The predicted molar refractivity (Wildman–Crippen MR) is 70.1 cm³/mol. The van der Waals surface area contributed by atoms with E-state index in [1.165, 1.54) is 18.2 Å². The molecule has 1 aromatic carbocycles. The lowest BCUT2D eigenvalue weighted by atomic mass is 10.1. The van der Waals surface area contributed by atoms with Crippen LogP contribution < -0.4 is 5.32 Å². The molecule has 0 spiro atoms. The molecule has 0 aromatic heterocycles. The van der Waals surface area contributed by atoms with Gasteiger partial charge in [0.2, 0.25) is 0 Å². The number of hydrogen-bond acceptors (Lipinski definition) is 4. The molecular weight excluding hydrogens is 256 g/mol. The topological polar surface area (TPSA) is 72.8 Å². The standard InChI is InChI=1S/C12H17ClN2O3/c1-15(2)6-5-14-11(12(17)18)9-7-8(13)3-4-10(9)16/h3-4,7,11,14,16H,5-6H2,1-2H3,(H,17,18). The van der Waals surface area contributed by atoms with Gasteiger partial charge in [-0.2, -0.15) is 0 Å². The Hall–Kier alpha value is -1.30. The molecular formula is C12H17ClN2O3. The van der Waals surface area contributed by atoms with Crippen LogP contribution in [-0.4, -0.2) is 48.3 Å². The van der Waals surface area contributed by atoms with Crippen molar-refractivity contribution in [1.82, 2.24) is 10.2 Å². The second-order valence-electron chi connectivity index (χ2n) is 4.23. The van der Waals surface area contributed by atoms with Crippen LogP contribution in [0.2, 0.25) is 5.02 Å². The van der Waals surface area contributed by atoms with E-state index < -0.39 is 12.0 Å². The molecule has 100 valence electrons. The molecule has 5 nitrogen and oxygen atoms in total. The van der Waals surface area contributed by atoms with Crippen LogP contribution in [0.3, 0.4) is 0 Å². The lowest BCUT2D eigenvalue weighted by molar-refractivity contribution is -0.139. The first-order valence-corrected chi connectivity index (χ1v) is 5.89. The maximum Gasteiger partial charge on any atom is 0.325 e. The second kappa shape index (κ2) is 6.58. The summed E-state index contributed by atoms with van der Waals surface area (Å²) in [5, 5.41) is 22.1. The Morgan fingerprint density at radius 3 is 2.72 bits per heavy atom. The maximum absolute atomic E-state index is 11.2. The summed E-state index contributed by atoms with van der Waals surface area (Å²) in [6.45, 7) is 1.20. The number of rotatable bonds is 6. The molecule has 6 heteroatoms. The molecule has 1 aromatic rings. The molecule has 0 saturated carbocycles. The van der Waals surface area contributed by atoms with Gasteiger partial charge >= 0.3 is 5.97 Å². The molecule has 1 rings (SSSR count). The molecule has 0 aliphatic carbocycles. The van der Waals surface area contributed by atoms with Crippen LogP contribution in [0.1, 0.15) is 11.6 Å². The van der Waals surface area contributed by atoms with Crippen molar-refractivity contribution in [2.24, 2.45) is 0 Å². The first kappa shape index (κ1) is 14.8. The third-order valence-electron chi connectivity index (χ3n) is 2.46. The average molecular weight is 273 g/mol. The van der Waals surface area contributed by atoms with E-state index >= 15 is 0 Å². The fourth-order valence-electron chi connectivity index (χ4n) is 1.52. The number of nitrogens with zero attached hydrogens (tertiary/aromatic N) is 1. The quantitative estimate of drug-likeness (QED) is 0.728. The lowest BCUT2D eigenvalue weighted by Crippen LogP contribution is -2.34. The van der Waals surface area contributed by atoms with Gasteiger partial charge in [-0.3, -0.25) is 10.1 Å². The molecule has 1 unspecified atom stereocenters. The third-order valence-corrected chi connectivity index (χ3v) is 2.69. The number of carbonyl (C=O) groups is 1. The molecule has 0 amide bonds. The summed E-state index contributed by atoms with van der Waals surface area (Å²) in [6, 6.07) is 3.39. The number of hydrogen-bond donors (Lipinski definition) is 3. The van der Waals surface area contributed by atoms with Crippen molar-refractivity contribution >= 4 is 17.6 Å². The van der Waals surface area contributed by atoms with Gasteiger partial charge in [0.15, 0.2) is 0 Å². The normalized spacial score (nSPS) is 12.7. The van der Waals surface area contributed by atoms with E-state index in [0.29, 0.717) is 18.1 Å². The molecule has 1 atom stereocenters. The fraction of sp³-hybridized carbons (Fsp3) is 0.417. The fourth-order valence-corrected chi connectivity index (χ4v) is 1.70. The lowest BCUT2D eigenvalue weighted by Gasteiger charge is -2.18. The van der Waals surface area contributed by atoms with Gasteiger partial charge in [0.25, 0.3) is 0 Å². The Morgan fingerprint density at radius 2 is 2.17 bits per heavy atom. The number of likely N-dealkylation sites (N-methyl/N-ethyl adjacent to an activating group) is 1. The van der Waals surface area contributed by atoms with Gasteiger partial charge in [-0.15, -0.1) is 0 Å². The number of aliphatic carboxylic acids is 1. The Labute approximate surface area is 111 Å². The maximum atomic E-state index is 11.2. The van der Waals surface area contributed by atoms with Crippen molar-refractivity contribution < 1.29 is 15.0 Å². The number of aromatic hydroxyl groups is 1. The highest BCUT2D eigenvalue weighted by Gasteiger charge is 2.22. The van der Waals surface area contributed by atoms with E-state index in [-0.39, 0.29) is 11.3 Å². The van der Waals surface area contributed by atoms with Gasteiger partial charge < -0.3 is 15.1 Å². The Bertz CT molecular complexity index is 424. The number of nitrogens with one attached hydrogen (secondary N) is 1. The smallest absolute Gasteiger partial charge is 0.325 e. The summed E-state index contributed by atoms with van der Waals surface area (Å²) in [5.41, 5.74) is 0.272. The second-order valence-corrected chi connectivity index (χ2v) is 4.67. The number of phenols is 1. The largest absolute Gasteiger partial charge is 0.508 e. The summed E-state index contributed by atoms with van der Waals surface area (Å²) in [5.74, 6) is -1.13. The van der Waals surface area contributed by atoms with Gasteiger partial charge in [0.1, 0.15) is 11.8 Å². The summed E-state index contributed by atoms with van der Waals surface area (Å²) in [4.78, 5) is 13.1. The van der Waals surface area contributed by atoms with Crippen molar-refractivity contribution in [2.45, 2.75) is 6.04 Å². The molecule has 0 saturated heterocycles. The zero-order valence-corrected chi connectivity index (χ0v) is 11.1. The van der Waals surface area contributed by atoms with Crippen molar-refractivity contribution in [3.05, 3.63) is 28.8 Å². The van der Waals surface area contributed by atoms with Crippen molar-refractivity contribution in [3.63, 3.8) is 0 Å². The van der Waals surface area contributed by atoms with E-state index in [4.69, 9.17) is 11.6 Å². The minimum atomic E-state index is -1.05. The monoisotopic (exact) mass is 272 g/mol. The van der Waals surface area contributed by atoms with E-state index in [9.17, 15) is 15.0 Å². The minimum absolute atomic E-state index is 0.0795. The van der Waals surface area contributed by atoms with Gasteiger partial charge in [-0.25, -0.2) is 0 Å². The highest BCUT2D eigenvalue weighted by atomic mass is 35.5. The molecule has 0 bridgehead atoms. The summed E-state index contributed by atoms with van der Waals surface area (Å²) in [6.07, 6.45) is 0. The molecule has 18 heavy (non-hydrogen) atoms. The number of phenolic OH excluding ortho intramolecular Hbond substituents is 1. The molecule has 0 fully saturated rings. The van der Waals surface area contributed by atoms with E-state index in [1.807, 2.05) is 19.0 Å². The van der Waals surface area contributed by atoms with Crippen LogP contribution in [0, 0.1) is 0 Å². The average Bonchev–Trinajstić information content (AvgIpc) is 2.27. The third kappa shape index (κ3) is 4.18. The molecule has 0 radical (unpaired) electrons. The Morgan fingerprint density at radius 1 is 1.50 bits per heavy atom. The van der Waals surface area contributed by atoms with Crippen LogP contribution >= 0.6 is 11.6 Å². The summed E-state index contributed by atoms with van der Waals surface area (Å²) < 4.78 is 0. The molecule has 0 heterocycles. The van der Waals surface area contributed by atoms with Crippen molar-refractivity contribution in [2.75, 3.05) is 27.2 Å². The molecule has 3 N–H and O–H groups in total. The van der Waals surface area contributed by atoms with Crippen LogP contribution in [0.15, 0.2) is 18.2 Å². The number of benzene rings is 1. The van der Waals surface area contributed by atoms with Gasteiger partial charge in [0.05, 0.1) is 0 Å². The highest BCUT2D eigenvalue weighted by Crippen LogP contribution is 2.27. The van der Waals surface area contributed by atoms with Gasteiger partial charge in [-0.1, -0.05) is 11.6 Å². The van der Waals surface area contributed by atoms with Gasteiger partial charge in [-0.05, 0) is 32.3 Å².